The van der Waals surface area contributed by atoms with Crippen LogP contribution in [-0.4, -0.2) is 34.0 Å². The van der Waals surface area contributed by atoms with Gasteiger partial charge < -0.3 is 14.2 Å². The van der Waals surface area contributed by atoms with Gasteiger partial charge in [0.25, 0.3) is 0 Å². The van der Waals surface area contributed by atoms with Gasteiger partial charge in [-0.25, -0.2) is 4.98 Å². The summed E-state index contributed by atoms with van der Waals surface area (Å²) in [4.78, 5) is 19.1. The monoisotopic (exact) mass is 385 g/mol. The molecular weight excluding hydrogens is 362 g/mol. The van der Waals surface area contributed by atoms with Gasteiger partial charge >= 0.3 is 0 Å². The van der Waals surface area contributed by atoms with Gasteiger partial charge in [-0.3, -0.25) is 4.79 Å². The summed E-state index contributed by atoms with van der Waals surface area (Å²) in [6.45, 7) is 3.41. The van der Waals surface area contributed by atoms with Crippen molar-refractivity contribution in [2.45, 2.75) is 32.9 Å². The summed E-state index contributed by atoms with van der Waals surface area (Å²) in [5.74, 6) is 1.51. The molecule has 0 aliphatic carbocycles. The van der Waals surface area contributed by atoms with Gasteiger partial charge in [0.2, 0.25) is 5.91 Å². The third kappa shape index (κ3) is 4.80. The van der Waals surface area contributed by atoms with Crippen molar-refractivity contribution in [1.29, 1.82) is 0 Å². The first kappa shape index (κ1) is 19.2. The summed E-state index contributed by atoms with van der Waals surface area (Å²) in [6.07, 6.45) is 2.06. The maximum absolute atomic E-state index is 12.6. The minimum absolute atomic E-state index is 0.0688. The smallest absolute Gasteiger partial charge is 0.242 e. The number of amides is 1. The fraction of sp³-hybridized carbons (Fsp3) is 0.333. The Bertz CT molecular complexity index is 905. The second kappa shape index (κ2) is 8.91. The quantitative estimate of drug-likeness (QED) is 0.572. The fourth-order valence-corrected chi connectivity index (χ4v) is 2.99. The van der Waals surface area contributed by atoms with Crippen LogP contribution in [0, 0.1) is 0 Å². The number of imidazole rings is 1. The molecule has 3 rings (SSSR count). The topological polar surface area (TPSA) is 47.4 Å². The SMILES string of the molecule is CCCCN(C)C(=O)Cn1c(COc2ccc(Cl)cc2)nc2ccccc21. The molecule has 0 saturated carbocycles. The third-order valence-corrected chi connectivity index (χ3v) is 4.73. The van der Waals surface area contributed by atoms with Gasteiger partial charge in [-0.2, -0.15) is 0 Å². The Kier molecular flexibility index (Phi) is 6.35. The molecule has 0 aliphatic heterocycles. The van der Waals surface area contributed by atoms with E-state index in [4.69, 9.17) is 16.3 Å². The number of likely N-dealkylation sites (N-methyl/N-ethyl adjacent to an activating group) is 1. The Balaban J connectivity index is 1.80. The molecule has 0 spiro atoms. The van der Waals surface area contributed by atoms with Crippen molar-refractivity contribution in [3.8, 4) is 5.75 Å². The van der Waals surface area contributed by atoms with Crippen molar-refractivity contribution in [1.82, 2.24) is 14.5 Å². The number of unbranched alkanes of at least 4 members (excludes halogenated alkanes) is 1. The number of fused-ring (bicyclic) bond motifs is 1. The maximum atomic E-state index is 12.6. The lowest BCUT2D eigenvalue weighted by atomic mass is 10.3. The van der Waals surface area contributed by atoms with Crippen LogP contribution < -0.4 is 4.74 Å². The van der Waals surface area contributed by atoms with Crippen LogP contribution in [0.4, 0.5) is 0 Å². The summed E-state index contributed by atoms with van der Waals surface area (Å²) in [7, 11) is 1.85. The van der Waals surface area contributed by atoms with Crippen molar-refractivity contribution in [3.63, 3.8) is 0 Å². The first-order chi connectivity index (χ1) is 13.1. The lowest BCUT2D eigenvalue weighted by Gasteiger charge is -2.18. The zero-order valence-electron chi connectivity index (χ0n) is 15.7. The number of halogens is 1. The number of para-hydroxylation sites is 2. The van der Waals surface area contributed by atoms with Gasteiger partial charge in [-0.15, -0.1) is 0 Å². The number of hydrogen-bond donors (Lipinski definition) is 0. The van der Waals surface area contributed by atoms with Gasteiger partial charge in [0.15, 0.2) is 0 Å². The average Bonchev–Trinajstić information content (AvgIpc) is 3.03. The highest BCUT2D eigenvalue weighted by Crippen LogP contribution is 2.20. The minimum atomic E-state index is 0.0688. The van der Waals surface area contributed by atoms with E-state index < -0.39 is 0 Å². The molecule has 1 aromatic heterocycles. The molecule has 6 heteroatoms. The van der Waals surface area contributed by atoms with E-state index in [-0.39, 0.29) is 19.1 Å². The summed E-state index contributed by atoms with van der Waals surface area (Å²) >= 11 is 5.92. The largest absolute Gasteiger partial charge is 0.486 e. The van der Waals surface area contributed by atoms with Crippen LogP contribution in [0.2, 0.25) is 5.02 Å². The van der Waals surface area contributed by atoms with E-state index in [2.05, 4.69) is 11.9 Å². The number of ether oxygens (including phenoxy) is 1. The minimum Gasteiger partial charge on any atom is -0.486 e. The first-order valence-corrected chi connectivity index (χ1v) is 9.52. The van der Waals surface area contributed by atoms with E-state index in [0.29, 0.717) is 10.8 Å². The van der Waals surface area contributed by atoms with Crippen molar-refractivity contribution in [2.75, 3.05) is 13.6 Å². The lowest BCUT2D eigenvalue weighted by molar-refractivity contribution is -0.130. The second-order valence-electron chi connectivity index (χ2n) is 6.51. The molecule has 0 atom stereocenters. The Morgan fingerprint density at radius 1 is 1.19 bits per heavy atom. The normalized spacial score (nSPS) is 10.9. The summed E-state index contributed by atoms with van der Waals surface area (Å²) in [5, 5.41) is 0.662. The van der Waals surface area contributed by atoms with E-state index in [1.807, 2.05) is 48.0 Å². The first-order valence-electron chi connectivity index (χ1n) is 9.15. The fourth-order valence-electron chi connectivity index (χ4n) is 2.87. The Hall–Kier alpha value is -2.53. The highest BCUT2D eigenvalue weighted by atomic mass is 35.5. The summed E-state index contributed by atoms with van der Waals surface area (Å²) in [5.41, 5.74) is 1.79. The molecule has 3 aromatic rings. The molecular formula is C21H24ClN3O2. The van der Waals surface area contributed by atoms with Gasteiger partial charge in [-0.05, 0) is 42.8 Å². The highest BCUT2D eigenvalue weighted by Gasteiger charge is 2.16. The third-order valence-electron chi connectivity index (χ3n) is 4.48. The van der Waals surface area contributed by atoms with Crippen LogP contribution in [0.25, 0.3) is 11.0 Å². The standard InChI is InChI=1S/C21H24ClN3O2/c1-3-4-13-24(2)21(26)14-25-19-8-6-5-7-18(19)23-20(25)15-27-17-11-9-16(22)10-12-17/h5-12H,3-4,13-15H2,1-2H3. The molecule has 0 bridgehead atoms. The van der Waals surface area contributed by atoms with Crippen LogP contribution in [-0.2, 0) is 17.9 Å². The zero-order chi connectivity index (χ0) is 19.2. The number of aromatic nitrogens is 2. The molecule has 0 fully saturated rings. The Morgan fingerprint density at radius 2 is 1.93 bits per heavy atom. The van der Waals surface area contributed by atoms with Crippen molar-refractivity contribution in [3.05, 3.63) is 59.4 Å². The molecule has 1 amide bonds. The number of benzene rings is 2. The van der Waals surface area contributed by atoms with Crippen molar-refractivity contribution in [2.24, 2.45) is 0 Å². The van der Waals surface area contributed by atoms with Gasteiger partial charge in [-0.1, -0.05) is 37.1 Å². The summed E-state index contributed by atoms with van der Waals surface area (Å²) < 4.78 is 7.80. The predicted octanol–water partition coefficient (Wildman–Crippen LogP) is 4.53. The predicted molar refractivity (Wildman–Crippen MR) is 108 cm³/mol. The van der Waals surface area contributed by atoms with E-state index in [1.165, 1.54) is 0 Å². The lowest BCUT2D eigenvalue weighted by Crippen LogP contribution is -2.31. The van der Waals surface area contributed by atoms with Crippen LogP contribution in [0.5, 0.6) is 5.75 Å². The van der Waals surface area contributed by atoms with Crippen molar-refractivity contribution >= 4 is 28.5 Å². The number of rotatable bonds is 8. The van der Waals surface area contributed by atoms with E-state index in [9.17, 15) is 4.79 Å². The molecule has 5 nitrogen and oxygen atoms in total. The van der Waals surface area contributed by atoms with Crippen LogP contribution >= 0.6 is 11.6 Å². The van der Waals surface area contributed by atoms with Crippen molar-refractivity contribution < 1.29 is 9.53 Å². The van der Waals surface area contributed by atoms with Gasteiger partial charge in [0, 0.05) is 18.6 Å². The van der Waals surface area contributed by atoms with Gasteiger partial charge in [0.05, 0.1) is 11.0 Å². The molecule has 0 N–H and O–H groups in total. The summed E-state index contributed by atoms with van der Waals surface area (Å²) in [6, 6.07) is 15.0. The maximum Gasteiger partial charge on any atom is 0.242 e. The Labute approximate surface area is 164 Å². The zero-order valence-corrected chi connectivity index (χ0v) is 16.4. The van der Waals surface area contributed by atoms with E-state index >= 15 is 0 Å². The highest BCUT2D eigenvalue weighted by molar-refractivity contribution is 6.30. The number of nitrogens with zero attached hydrogens (tertiary/aromatic N) is 3. The van der Waals surface area contributed by atoms with Crippen LogP contribution in [0.15, 0.2) is 48.5 Å². The van der Waals surface area contributed by atoms with E-state index in [0.717, 1.165) is 36.2 Å². The van der Waals surface area contributed by atoms with Gasteiger partial charge in [0.1, 0.15) is 24.7 Å². The van der Waals surface area contributed by atoms with E-state index in [1.54, 1.807) is 17.0 Å². The molecule has 2 aromatic carbocycles. The number of carbonyl (C=O) groups excluding carboxylic acids is 1. The molecule has 0 unspecified atom stereocenters. The molecule has 142 valence electrons. The van der Waals surface area contributed by atoms with Crippen LogP contribution in [0.3, 0.4) is 0 Å². The Morgan fingerprint density at radius 3 is 2.67 bits per heavy atom. The second-order valence-corrected chi connectivity index (χ2v) is 6.95. The average molecular weight is 386 g/mol. The number of hydrogen-bond acceptors (Lipinski definition) is 3. The van der Waals surface area contributed by atoms with Crippen LogP contribution in [0.1, 0.15) is 25.6 Å². The molecule has 1 heterocycles. The molecule has 27 heavy (non-hydrogen) atoms. The number of carbonyl (C=O) groups is 1. The molecule has 0 radical (unpaired) electrons. The molecule has 0 aliphatic rings. The molecule has 0 saturated heterocycles.